The molecular formula is C22H23N3O2. The first-order valence-corrected chi connectivity index (χ1v) is 9.24. The molecule has 0 bridgehead atoms. The van der Waals surface area contributed by atoms with Crippen molar-refractivity contribution in [3.05, 3.63) is 65.2 Å². The molecule has 1 amide bonds. The van der Waals surface area contributed by atoms with Crippen LogP contribution in [0.25, 0.3) is 0 Å². The maximum absolute atomic E-state index is 12.9. The number of rotatable bonds is 3. The van der Waals surface area contributed by atoms with Gasteiger partial charge in [0.2, 0.25) is 0 Å². The van der Waals surface area contributed by atoms with Gasteiger partial charge in [-0.3, -0.25) is 9.69 Å². The molecule has 2 aliphatic heterocycles. The minimum absolute atomic E-state index is 0.0602. The second-order valence-electron chi connectivity index (χ2n) is 7.48. The number of carbonyl (C=O) groups is 1. The van der Waals surface area contributed by atoms with Crippen molar-refractivity contribution >= 4 is 5.91 Å². The van der Waals surface area contributed by atoms with Gasteiger partial charge in [0.15, 0.2) is 0 Å². The minimum atomic E-state index is 0.0602. The third-order valence-electron chi connectivity index (χ3n) is 5.90. The predicted molar refractivity (Wildman–Crippen MR) is 102 cm³/mol. The van der Waals surface area contributed by atoms with E-state index in [4.69, 9.17) is 10.00 Å². The van der Waals surface area contributed by atoms with E-state index in [2.05, 4.69) is 30.1 Å². The highest BCUT2D eigenvalue weighted by atomic mass is 16.5. The van der Waals surface area contributed by atoms with Crippen LogP contribution < -0.4 is 4.74 Å². The molecular weight excluding hydrogens is 338 g/mol. The molecule has 0 N–H and O–H groups in total. The van der Waals surface area contributed by atoms with Crippen LogP contribution in [0.15, 0.2) is 48.5 Å². The highest BCUT2D eigenvalue weighted by Crippen LogP contribution is 2.44. The van der Waals surface area contributed by atoms with Crippen molar-refractivity contribution in [3.8, 4) is 11.8 Å². The molecule has 0 aliphatic carbocycles. The summed E-state index contributed by atoms with van der Waals surface area (Å²) in [5.41, 5.74) is 2.51. The van der Waals surface area contributed by atoms with Crippen LogP contribution >= 0.6 is 0 Å². The Bertz CT molecular complexity index is 870. The molecule has 0 radical (unpaired) electrons. The third-order valence-corrected chi connectivity index (χ3v) is 5.90. The summed E-state index contributed by atoms with van der Waals surface area (Å²) in [4.78, 5) is 17.3. The predicted octanol–water partition coefficient (Wildman–Crippen LogP) is 2.94. The Balaban J connectivity index is 1.51. The van der Waals surface area contributed by atoms with Gasteiger partial charge in [0.05, 0.1) is 18.7 Å². The van der Waals surface area contributed by atoms with Gasteiger partial charge in [-0.05, 0) is 54.9 Å². The summed E-state index contributed by atoms with van der Waals surface area (Å²) in [6.45, 7) is 2.56. The number of ether oxygens (including phenoxy) is 1. The van der Waals surface area contributed by atoms with Crippen LogP contribution in [-0.4, -0.2) is 49.5 Å². The first kappa shape index (κ1) is 17.6. The van der Waals surface area contributed by atoms with Crippen molar-refractivity contribution in [2.75, 3.05) is 33.8 Å². The topological polar surface area (TPSA) is 56.6 Å². The van der Waals surface area contributed by atoms with Gasteiger partial charge in [-0.2, -0.15) is 5.26 Å². The lowest BCUT2D eigenvalue weighted by atomic mass is 9.89. The van der Waals surface area contributed by atoms with Crippen molar-refractivity contribution in [1.29, 1.82) is 5.26 Å². The zero-order valence-electron chi connectivity index (χ0n) is 15.6. The van der Waals surface area contributed by atoms with E-state index in [1.54, 1.807) is 31.4 Å². The van der Waals surface area contributed by atoms with Gasteiger partial charge < -0.3 is 9.64 Å². The van der Waals surface area contributed by atoms with Gasteiger partial charge in [-0.1, -0.05) is 12.1 Å². The summed E-state index contributed by atoms with van der Waals surface area (Å²) in [6.07, 6.45) is 0. The van der Waals surface area contributed by atoms with E-state index in [0.717, 1.165) is 25.4 Å². The molecule has 0 saturated carbocycles. The Kier molecular flexibility index (Phi) is 4.59. The van der Waals surface area contributed by atoms with Crippen molar-refractivity contribution in [2.24, 2.45) is 11.8 Å². The molecule has 5 nitrogen and oxygen atoms in total. The first-order chi connectivity index (χ1) is 13.1. The number of carbonyl (C=O) groups excluding carboxylic acids is 1. The fraction of sp³-hybridized carbons (Fsp3) is 0.364. The maximum Gasteiger partial charge on any atom is 0.253 e. The largest absolute Gasteiger partial charge is 0.497 e. The van der Waals surface area contributed by atoms with E-state index in [1.807, 2.05) is 17.0 Å². The Morgan fingerprint density at radius 1 is 1.07 bits per heavy atom. The number of fused-ring (bicyclic) bond motifs is 1. The highest BCUT2D eigenvalue weighted by Gasteiger charge is 2.47. The van der Waals surface area contributed by atoms with E-state index in [0.29, 0.717) is 29.0 Å². The van der Waals surface area contributed by atoms with E-state index in [9.17, 15) is 4.79 Å². The summed E-state index contributed by atoms with van der Waals surface area (Å²) in [6, 6.07) is 17.6. The number of hydrogen-bond acceptors (Lipinski definition) is 4. The van der Waals surface area contributed by atoms with Gasteiger partial charge in [-0.25, -0.2) is 0 Å². The lowest BCUT2D eigenvalue weighted by Gasteiger charge is -2.27. The zero-order chi connectivity index (χ0) is 19.0. The molecule has 3 atom stereocenters. The standard InChI is InChI=1S/C22H23N3O2/c1-24-12-18-13-25(22(26)17-5-3-15(11-23)4-6-17)14-20(18)21(24)16-7-9-19(27-2)10-8-16/h3-10,18,20-21H,12-14H2,1-2H3/t18-,20+,21-/m0/s1. The molecule has 0 spiro atoms. The molecule has 0 unspecified atom stereocenters. The van der Waals surface area contributed by atoms with Crippen LogP contribution in [0, 0.1) is 23.2 Å². The first-order valence-electron chi connectivity index (χ1n) is 9.24. The molecule has 27 heavy (non-hydrogen) atoms. The number of benzene rings is 2. The highest BCUT2D eigenvalue weighted by molar-refractivity contribution is 5.94. The molecule has 2 heterocycles. The summed E-state index contributed by atoms with van der Waals surface area (Å²) < 4.78 is 5.27. The molecule has 2 saturated heterocycles. The Hall–Kier alpha value is -2.84. The fourth-order valence-electron chi connectivity index (χ4n) is 4.60. The second-order valence-corrected chi connectivity index (χ2v) is 7.48. The molecule has 2 aromatic rings. The van der Waals surface area contributed by atoms with Crippen LogP contribution in [0.3, 0.4) is 0 Å². The van der Waals surface area contributed by atoms with Gasteiger partial charge in [0.1, 0.15) is 5.75 Å². The van der Waals surface area contributed by atoms with E-state index in [1.165, 1.54) is 5.56 Å². The average Bonchev–Trinajstić information content (AvgIpc) is 3.24. The SMILES string of the molecule is COc1ccc([C@H]2[C@@H]3CN(C(=O)c4ccc(C#N)cc4)C[C@@H]3CN2C)cc1. The molecule has 2 aromatic carbocycles. The van der Waals surface area contributed by atoms with Crippen molar-refractivity contribution in [2.45, 2.75) is 6.04 Å². The van der Waals surface area contributed by atoms with Gasteiger partial charge >= 0.3 is 0 Å². The molecule has 5 heteroatoms. The van der Waals surface area contributed by atoms with Crippen molar-refractivity contribution in [1.82, 2.24) is 9.80 Å². The maximum atomic E-state index is 12.9. The lowest BCUT2D eigenvalue weighted by Crippen LogP contribution is -2.33. The van der Waals surface area contributed by atoms with Gasteiger partial charge in [-0.15, -0.1) is 0 Å². The molecule has 138 valence electrons. The number of hydrogen-bond donors (Lipinski definition) is 0. The summed E-state index contributed by atoms with van der Waals surface area (Å²) >= 11 is 0. The van der Waals surface area contributed by atoms with Crippen LogP contribution in [0.1, 0.15) is 27.5 Å². The van der Waals surface area contributed by atoms with Crippen molar-refractivity contribution < 1.29 is 9.53 Å². The summed E-state index contributed by atoms with van der Waals surface area (Å²) in [7, 11) is 3.84. The number of methoxy groups -OCH3 is 1. The quantitative estimate of drug-likeness (QED) is 0.843. The monoisotopic (exact) mass is 361 g/mol. The fourth-order valence-corrected chi connectivity index (χ4v) is 4.60. The third kappa shape index (κ3) is 3.17. The Morgan fingerprint density at radius 3 is 2.41 bits per heavy atom. The zero-order valence-corrected chi connectivity index (χ0v) is 15.6. The molecule has 0 aromatic heterocycles. The number of nitriles is 1. The number of amides is 1. The van der Waals surface area contributed by atoms with E-state index < -0.39 is 0 Å². The lowest BCUT2D eigenvalue weighted by molar-refractivity contribution is 0.0768. The number of likely N-dealkylation sites (tertiary alicyclic amines) is 2. The molecule has 2 aliphatic rings. The van der Waals surface area contributed by atoms with Crippen LogP contribution in [0.4, 0.5) is 0 Å². The van der Waals surface area contributed by atoms with Crippen molar-refractivity contribution in [3.63, 3.8) is 0 Å². The normalized spacial score (nSPS) is 24.5. The Morgan fingerprint density at radius 2 is 1.78 bits per heavy atom. The van der Waals surface area contributed by atoms with Crippen LogP contribution in [0.5, 0.6) is 5.75 Å². The second kappa shape index (κ2) is 7.05. The average molecular weight is 361 g/mol. The van der Waals surface area contributed by atoms with E-state index in [-0.39, 0.29) is 5.91 Å². The van der Waals surface area contributed by atoms with Crippen LogP contribution in [0.2, 0.25) is 0 Å². The number of nitrogens with zero attached hydrogens (tertiary/aromatic N) is 3. The molecule has 4 rings (SSSR count). The van der Waals surface area contributed by atoms with Gasteiger partial charge in [0.25, 0.3) is 5.91 Å². The molecule has 2 fully saturated rings. The van der Waals surface area contributed by atoms with E-state index >= 15 is 0 Å². The smallest absolute Gasteiger partial charge is 0.253 e. The summed E-state index contributed by atoms with van der Waals surface area (Å²) in [5, 5.41) is 8.92. The Labute approximate surface area is 159 Å². The summed E-state index contributed by atoms with van der Waals surface area (Å²) in [5.74, 6) is 1.85. The van der Waals surface area contributed by atoms with Crippen LogP contribution in [-0.2, 0) is 0 Å². The van der Waals surface area contributed by atoms with Gasteiger partial charge in [0, 0.05) is 37.2 Å². The minimum Gasteiger partial charge on any atom is -0.497 e.